The van der Waals surface area contributed by atoms with E-state index in [1.807, 2.05) is 0 Å². The molecule has 0 aromatic carbocycles. The van der Waals surface area contributed by atoms with Crippen molar-refractivity contribution >= 4 is 5.78 Å². The summed E-state index contributed by atoms with van der Waals surface area (Å²) in [5.74, 6) is 3.96. The summed E-state index contributed by atoms with van der Waals surface area (Å²) in [7, 11) is 0. The molecule has 5 rings (SSSR count). The smallest absolute Gasteiger partial charge is 0.155 e. The van der Waals surface area contributed by atoms with Gasteiger partial charge < -0.3 is 5.11 Å². The minimum absolute atomic E-state index is 0.0877. The molecule has 0 bridgehead atoms. The molecule has 0 radical (unpaired) electrons. The van der Waals surface area contributed by atoms with Crippen LogP contribution in [0.4, 0.5) is 0 Å². The van der Waals surface area contributed by atoms with Crippen LogP contribution in [0.2, 0.25) is 0 Å². The summed E-state index contributed by atoms with van der Waals surface area (Å²) in [6, 6.07) is 0. The number of hydrogen-bond acceptors (Lipinski definition) is 2. The highest BCUT2D eigenvalue weighted by Gasteiger charge is 2.61. The summed E-state index contributed by atoms with van der Waals surface area (Å²) in [5.41, 5.74) is 1.91. The van der Waals surface area contributed by atoms with Crippen LogP contribution in [0.25, 0.3) is 0 Å². The summed E-state index contributed by atoms with van der Waals surface area (Å²) in [6.07, 6.45) is 16.7. The number of carbonyl (C=O) groups excluding carboxylic acids is 1. The minimum atomic E-state index is -0.0877. The van der Waals surface area contributed by atoms with Gasteiger partial charge in [-0.1, -0.05) is 51.5 Å². The van der Waals surface area contributed by atoms with Crippen molar-refractivity contribution in [1.29, 1.82) is 0 Å². The Morgan fingerprint density at radius 1 is 0.926 bits per heavy atom. The van der Waals surface area contributed by atoms with Crippen molar-refractivity contribution in [3.05, 3.63) is 11.6 Å². The van der Waals surface area contributed by atoms with Gasteiger partial charge in [-0.25, -0.2) is 0 Å². The first-order valence-corrected chi connectivity index (χ1v) is 11.9. The number of carbonyl (C=O) groups is 1. The summed E-state index contributed by atoms with van der Waals surface area (Å²) in [5, 5.41) is 10.7. The summed E-state index contributed by atoms with van der Waals surface area (Å²) < 4.78 is 0. The molecule has 1 unspecified atom stereocenters. The lowest BCUT2D eigenvalue weighted by Crippen LogP contribution is -2.55. The van der Waals surface area contributed by atoms with Crippen LogP contribution >= 0.6 is 0 Å². The standard InChI is InChI=1S/C25H38O2/c1-24-13-12-21-19(20(24)10-11-23(24)27)9-8-17-14-18(26)15-22(25(17,21)2)16-6-4-3-5-7-16/h14,16,19-23,27H,3-13,15H2,1-2H3/t19-,20-,21-,22?,23-,24-,25-/m0/s1. The zero-order valence-corrected chi connectivity index (χ0v) is 17.4. The molecule has 0 spiro atoms. The third-order valence-electron chi connectivity index (χ3n) is 10.3. The van der Waals surface area contributed by atoms with E-state index in [2.05, 4.69) is 19.9 Å². The third-order valence-corrected chi connectivity index (χ3v) is 10.3. The van der Waals surface area contributed by atoms with Crippen LogP contribution in [0, 0.1) is 40.4 Å². The van der Waals surface area contributed by atoms with Crippen molar-refractivity contribution in [1.82, 2.24) is 0 Å². The zero-order chi connectivity index (χ0) is 18.8. The van der Waals surface area contributed by atoms with Gasteiger partial charge in [-0.3, -0.25) is 4.79 Å². The normalized spacial score (nSPS) is 50.6. The number of aliphatic hydroxyl groups is 1. The Morgan fingerprint density at radius 2 is 1.70 bits per heavy atom. The molecule has 1 N–H and O–H groups in total. The van der Waals surface area contributed by atoms with E-state index in [1.165, 1.54) is 63.4 Å². The molecule has 7 atom stereocenters. The summed E-state index contributed by atoms with van der Waals surface area (Å²) >= 11 is 0. The molecule has 5 aliphatic carbocycles. The maximum atomic E-state index is 12.6. The lowest BCUT2D eigenvalue weighted by molar-refractivity contribution is -0.125. The Labute approximate surface area is 165 Å². The van der Waals surface area contributed by atoms with E-state index in [9.17, 15) is 9.90 Å². The van der Waals surface area contributed by atoms with Gasteiger partial charge in [-0.2, -0.15) is 0 Å². The molecule has 2 heteroatoms. The average molecular weight is 371 g/mol. The van der Waals surface area contributed by atoms with Crippen LogP contribution in [0.3, 0.4) is 0 Å². The molecule has 27 heavy (non-hydrogen) atoms. The monoisotopic (exact) mass is 370 g/mol. The van der Waals surface area contributed by atoms with Crippen molar-refractivity contribution in [3.8, 4) is 0 Å². The van der Waals surface area contributed by atoms with E-state index in [-0.39, 0.29) is 16.9 Å². The van der Waals surface area contributed by atoms with Crippen molar-refractivity contribution < 1.29 is 9.90 Å². The van der Waals surface area contributed by atoms with Gasteiger partial charge in [0.15, 0.2) is 5.78 Å². The van der Waals surface area contributed by atoms with Gasteiger partial charge in [0.1, 0.15) is 0 Å². The largest absolute Gasteiger partial charge is 0.393 e. The predicted octanol–water partition coefficient (Wildman–Crippen LogP) is 5.69. The van der Waals surface area contributed by atoms with E-state index in [1.54, 1.807) is 0 Å². The number of fused-ring (bicyclic) bond motifs is 5. The Morgan fingerprint density at radius 3 is 2.48 bits per heavy atom. The predicted molar refractivity (Wildman–Crippen MR) is 108 cm³/mol. The van der Waals surface area contributed by atoms with Gasteiger partial charge in [0, 0.05) is 6.42 Å². The lowest BCUT2D eigenvalue weighted by Gasteiger charge is -2.61. The van der Waals surface area contributed by atoms with E-state index in [4.69, 9.17) is 0 Å². The van der Waals surface area contributed by atoms with Gasteiger partial charge in [-0.05, 0) is 85.0 Å². The Hall–Kier alpha value is -0.630. The van der Waals surface area contributed by atoms with Crippen molar-refractivity contribution in [2.45, 2.75) is 97.0 Å². The highest BCUT2D eigenvalue weighted by Crippen LogP contribution is 2.67. The number of aliphatic hydroxyl groups excluding tert-OH is 1. The molecule has 0 saturated heterocycles. The SMILES string of the molecule is C[C@]12CC[C@H]3[C@@H](CCC4=CC(=O)CC(C5CCCCC5)[C@@]43C)[C@@H]1CC[C@@H]2O. The minimum Gasteiger partial charge on any atom is -0.393 e. The van der Waals surface area contributed by atoms with E-state index < -0.39 is 0 Å². The second-order valence-electron chi connectivity index (χ2n) is 11.2. The second kappa shape index (κ2) is 6.44. The molecule has 150 valence electrons. The van der Waals surface area contributed by atoms with Crippen molar-refractivity contribution in [3.63, 3.8) is 0 Å². The second-order valence-corrected chi connectivity index (χ2v) is 11.2. The fourth-order valence-corrected chi connectivity index (χ4v) is 8.85. The Bertz CT molecular complexity index is 645. The van der Waals surface area contributed by atoms with Crippen LogP contribution in [0.15, 0.2) is 11.6 Å². The van der Waals surface area contributed by atoms with E-state index in [0.717, 1.165) is 37.0 Å². The molecule has 4 saturated carbocycles. The molecule has 0 aromatic heterocycles. The van der Waals surface area contributed by atoms with Gasteiger partial charge in [-0.15, -0.1) is 0 Å². The Kier molecular flexibility index (Phi) is 4.39. The van der Waals surface area contributed by atoms with Crippen molar-refractivity contribution in [2.24, 2.45) is 40.4 Å². The van der Waals surface area contributed by atoms with E-state index >= 15 is 0 Å². The Balaban J connectivity index is 1.52. The number of allylic oxidation sites excluding steroid dienone is 1. The summed E-state index contributed by atoms with van der Waals surface area (Å²) in [6.45, 7) is 4.94. The third kappa shape index (κ3) is 2.57. The molecular formula is C25H38O2. The van der Waals surface area contributed by atoms with E-state index in [0.29, 0.717) is 17.6 Å². The fraction of sp³-hybridized carbons (Fsp3) is 0.880. The first-order valence-electron chi connectivity index (χ1n) is 11.9. The molecular weight excluding hydrogens is 332 g/mol. The van der Waals surface area contributed by atoms with Crippen LogP contribution < -0.4 is 0 Å². The topological polar surface area (TPSA) is 37.3 Å². The van der Waals surface area contributed by atoms with Gasteiger partial charge in [0.25, 0.3) is 0 Å². The molecule has 0 heterocycles. The number of ketones is 1. The molecule has 0 amide bonds. The highest BCUT2D eigenvalue weighted by atomic mass is 16.3. The van der Waals surface area contributed by atoms with Crippen LogP contribution in [-0.4, -0.2) is 17.0 Å². The molecule has 0 aromatic rings. The van der Waals surface area contributed by atoms with Gasteiger partial charge >= 0.3 is 0 Å². The maximum absolute atomic E-state index is 12.6. The fourth-order valence-electron chi connectivity index (χ4n) is 8.85. The van der Waals surface area contributed by atoms with Crippen molar-refractivity contribution in [2.75, 3.05) is 0 Å². The van der Waals surface area contributed by atoms with Gasteiger partial charge in [0.2, 0.25) is 0 Å². The van der Waals surface area contributed by atoms with Gasteiger partial charge in [0.05, 0.1) is 6.10 Å². The van der Waals surface area contributed by atoms with Crippen LogP contribution in [0.1, 0.15) is 90.9 Å². The first kappa shape index (κ1) is 18.4. The van der Waals surface area contributed by atoms with Crippen LogP contribution in [0.5, 0.6) is 0 Å². The molecule has 0 aliphatic heterocycles. The lowest BCUT2D eigenvalue weighted by atomic mass is 9.43. The van der Waals surface area contributed by atoms with Crippen LogP contribution in [-0.2, 0) is 4.79 Å². The average Bonchev–Trinajstić information content (AvgIpc) is 2.97. The molecule has 2 nitrogen and oxygen atoms in total. The number of rotatable bonds is 1. The zero-order valence-electron chi connectivity index (χ0n) is 17.4. The highest BCUT2D eigenvalue weighted by molar-refractivity contribution is 5.92. The maximum Gasteiger partial charge on any atom is 0.155 e. The quantitative estimate of drug-likeness (QED) is 0.644. The first-order chi connectivity index (χ1) is 12.9. The number of hydrogen-bond donors (Lipinski definition) is 1. The summed E-state index contributed by atoms with van der Waals surface area (Å²) in [4.78, 5) is 12.6. The molecule has 4 fully saturated rings. The molecule has 5 aliphatic rings.